The molecular weight excluding hydrogens is 242 g/mol. The smallest absolute Gasteiger partial charge is 0.135 e. The Labute approximate surface area is 112 Å². The average molecular weight is 259 g/mol. The van der Waals surface area contributed by atoms with Gasteiger partial charge in [-0.05, 0) is 26.0 Å². The summed E-state index contributed by atoms with van der Waals surface area (Å²) in [6.07, 6.45) is 0. The van der Waals surface area contributed by atoms with Crippen molar-refractivity contribution >= 4 is 5.82 Å². The number of aromatic nitrogens is 2. The van der Waals surface area contributed by atoms with E-state index in [1.54, 1.807) is 14.2 Å². The molecule has 0 aliphatic heterocycles. The minimum Gasteiger partial charge on any atom is -0.497 e. The number of nitrogens with two attached hydrogens (primary N) is 1. The molecule has 2 rings (SSSR count). The summed E-state index contributed by atoms with van der Waals surface area (Å²) in [5, 5.41) is 0. The third-order valence-electron chi connectivity index (χ3n) is 2.91. The van der Waals surface area contributed by atoms with Gasteiger partial charge in [0.15, 0.2) is 0 Å². The summed E-state index contributed by atoms with van der Waals surface area (Å²) in [5.74, 6) is 2.52. The standard InChI is InChI=1S/C14H17N3O2/c1-8-13(14(15)17-9(2)16-8)11-6-5-10(18-3)7-12(11)19-4/h5-7H,1-4H3,(H2,15,16,17). The Morgan fingerprint density at radius 3 is 2.37 bits per heavy atom. The number of benzene rings is 1. The molecule has 0 fully saturated rings. The second kappa shape index (κ2) is 5.14. The Balaban J connectivity index is 2.65. The van der Waals surface area contributed by atoms with Crippen LogP contribution >= 0.6 is 0 Å². The number of anilines is 1. The Kier molecular flexibility index (Phi) is 3.55. The van der Waals surface area contributed by atoms with Gasteiger partial charge < -0.3 is 15.2 Å². The highest BCUT2D eigenvalue weighted by Crippen LogP contribution is 2.36. The highest BCUT2D eigenvalue weighted by molar-refractivity contribution is 5.80. The molecule has 0 bridgehead atoms. The van der Waals surface area contributed by atoms with Gasteiger partial charge in [-0.2, -0.15) is 0 Å². The van der Waals surface area contributed by atoms with E-state index in [-0.39, 0.29) is 0 Å². The quantitative estimate of drug-likeness (QED) is 0.916. The third-order valence-corrected chi connectivity index (χ3v) is 2.91. The molecule has 1 aromatic heterocycles. The minimum atomic E-state index is 0.452. The molecule has 2 aromatic rings. The lowest BCUT2D eigenvalue weighted by atomic mass is 10.0. The summed E-state index contributed by atoms with van der Waals surface area (Å²) >= 11 is 0. The van der Waals surface area contributed by atoms with Gasteiger partial charge in [0.2, 0.25) is 0 Å². The van der Waals surface area contributed by atoms with Crippen LogP contribution in [0.2, 0.25) is 0 Å². The molecule has 0 saturated heterocycles. The fourth-order valence-corrected chi connectivity index (χ4v) is 2.08. The lowest BCUT2D eigenvalue weighted by Gasteiger charge is -2.14. The molecule has 0 saturated carbocycles. The molecule has 1 heterocycles. The van der Waals surface area contributed by atoms with Crippen LogP contribution in [0.4, 0.5) is 5.82 Å². The zero-order valence-electron chi connectivity index (χ0n) is 11.5. The predicted molar refractivity (Wildman–Crippen MR) is 74.5 cm³/mol. The van der Waals surface area contributed by atoms with Crippen molar-refractivity contribution < 1.29 is 9.47 Å². The third kappa shape index (κ3) is 2.45. The van der Waals surface area contributed by atoms with Gasteiger partial charge in [-0.1, -0.05) is 0 Å². The SMILES string of the molecule is COc1ccc(-c2c(C)nc(C)nc2N)c(OC)c1. The van der Waals surface area contributed by atoms with Crippen LogP contribution in [0.15, 0.2) is 18.2 Å². The van der Waals surface area contributed by atoms with Crippen molar-refractivity contribution in [2.75, 3.05) is 20.0 Å². The van der Waals surface area contributed by atoms with Gasteiger partial charge >= 0.3 is 0 Å². The van der Waals surface area contributed by atoms with E-state index in [9.17, 15) is 0 Å². The van der Waals surface area contributed by atoms with Crippen LogP contribution in [0.25, 0.3) is 11.1 Å². The van der Waals surface area contributed by atoms with Gasteiger partial charge in [0.1, 0.15) is 23.1 Å². The first kappa shape index (κ1) is 13.1. The maximum Gasteiger partial charge on any atom is 0.135 e. The summed E-state index contributed by atoms with van der Waals surface area (Å²) in [7, 11) is 3.22. The zero-order valence-corrected chi connectivity index (χ0v) is 11.5. The molecule has 19 heavy (non-hydrogen) atoms. The summed E-state index contributed by atoms with van der Waals surface area (Å²) in [5.41, 5.74) is 8.49. The number of rotatable bonds is 3. The molecule has 1 aromatic carbocycles. The molecule has 0 aliphatic rings. The fourth-order valence-electron chi connectivity index (χ4n) is 2.08. The van der Waals surface area contributed by atoms with Crippen LogP contribution in [0.5, 0.6) is 11.5 Å². The van der Waals surface area contributed by atoms with E-state index in [4.69, 9.17) is 15.2 Å². The van der Waals surface area contributed by atoms with Crippen LogP contribution in [-0.4, -0.2) is 24.2 Å². The molecule has 2 N–H and O–H groups in total. The maximum absolute atomic E-state index is 6.01. The number of hydrogen-bond donors (Lipinski definition) is 1. The van der Waals surface area contributed by atoms with Crippen molar-refractivity contribution in [3.05, 3.63) is 29.7 Å². The van der Waals surface area contributed by atoms with Crippen LogP contribution in [-0.2, 0) is 0 Å². The van der Waals surface area contributed by atoms with Gasteiger partial charge in [-0.3, -0.25) is 0 Å². The molecule has 0 spiro atoms. The fraction of sp³-hybridized carbons (Fsp3) is 0.286. The van der Waals surface area contributed by atoms with E-state index < -0.39 is 0 Å². The number of methoxy groups -OCH3 is 2. The number of nitrogen functional groups attached to an aromatic ring is 1. The average Bonchev–Trinajstić information content (AvgIpc) is 2.37. The summed E-state index contributed by atoms with van der Waals surface area (Å²) < 4.78 is 10.6. The molecule has 5 heteroatoms. The summed E-state index contributed by atoms with van der Waals surface area (Å²) in [6, 6.07) is 5.57. The van der Waals surface area contributed by atoms with Crippen molar-refractivity contribution in [1.82, 2.24) is 9.97 Å². The summed E-state index contributed by atoms with van der Waals surface area (Å²) in [4.78, 5) is 8.56. The Morgan fingerprint density at radius 1 is 1.05 bits per heavy atom. The first-order valence-electron chi connectivity index (χ1n) is 5.90. The summed E-state index contributed by atoms with van der Waals surface area (Å²) in [6.45, 7) is 3.72. The zero-order chi connectivity index (χ0) is 14.0. The topological polar surface area (TPSA) is 70.3 Å². The van der Waals surface area contributed by atoms with Crippen molar-refractivity contribution in [2.24, 2.45) is 0 Å². The minimum absolute atomic E-state index is 0.452. The van der Waals surface area contributed by atoms with Crippen molar-refractivity contribution in [3.63, 3.8) is 0 Å². The van der Waals surface area contributed by atoms with E-state index in [0.29, 0.717) is 17.4 Å². The van der Waals surface area contributed by atoms with Crippen LogP contribution in [0.1, 0.15) is 11.5 Å². The Bertz CT molecular complexity index is 589. The second-order valence-electron chi connectivity index (χ2n) is 4.18. The monoisotopic (exact) mass is 259 g/mol. The second-order valence-corrected chi connectivity index (χ2v) is 4.18. The Morgan fingerprint density at radius 2 is 1.79 bits per heavy atom. The van der Waals surface area contributed by atoms with Crippen LogP contribution < -0.4 is 15.2 Å². The lowest BCUT2D eigenvalue weighted by Crippen LogP contribution is -2.03. The predicted octanol–water partition coefficient (Wildman–Crippen LogP) is 2.36. The highest BCUT2D eigenvalue weighted by atomic mass is 16.5. The van der Waals surface area contributed by atoms with Gasteiger partial charge in [0.25, 0.3) is 0 Å². The first-order chi connectivity index (χ1) is 9.06. The van der Waals surface area contributed by atoms with Crippen molar-refractivity contribution in [3.8, 4) is 22.6 Å². The molecule has 0 atom stereocenters. The van der Waals surface area contributed by atoms with Crippen LogP contribution in [0, 0.1) is 13.8 Å². The number of nitrogens with zero attached hydrogens (tertiary/aromatic N) is 2. The number of ether oxygens (including phenoxy) is 2. The normalized spacial score (nSPS) is 10.3. The molecule has 100 valence electrons. The maximum atomic E-state index is 6.01. The van der Waals surface area contributed by atoms with Gasteiger partial charge in [-0.25, -0.2) is 9.97 Å². The first-order valence-corrected chi connectivity index (χ1v) is 5.90. The number of hydrogen-bond acceptors (Lipinski definition) is 5. The van der Waals surface area contributed by atoms with Crippen molar-refractivity contribution in [2.45, 2.75) is 13.8 Å². The van der Waals surface area contributed by atoms with Gasteiger partial charge in [0, 0.05) is 17.2 Å². The molecule has 0 aliphatic carbocycles. The molecule has 0 amide bonds. The van der Waals surface area contributed by atoms with E-state index in [1.807, 2.05) is 32.0 Å². The Hall–Kier alpha value is -2.30. The van der Waals surface area contributed by atoms with Gasteiger partial charge in [-0.15, -0.1) is 0 Å². The van der Waals surface area contributed by atoms with E-state index in [2.05, 4.69) is 9.97 Å². The molecule has 0 radical (unpaired) electrons. The van der Waals surface area contributed by atoms with E-state index >= 15 is 0 Å². The van der Waals surface area contributed by atoms with Crippen LogP contribution in [0.3, 0.4) is 0 Å². The van der Waals surface area contributed by atoms with Crippen molar-refractivity contribution in [1.29, 1.82) is 0 Å². The lowest BCUT2D eigenvalue weighted by molar-refractivity contribution is 0.395. The van der Waals surface area contributed by atoms with E-state index in [0.717, 1.165) is 22.6 Å². The largest absolute Gasteiger partial charge is 0.497 e. The molecule has 0 unspecified atom stereocenters. The number of aryl methyl sites for hydroxylation is 2. The molecule has 5 nitrogen and oxygen atoms in total. The highest BCUT2D eigenvalue weighted by Gasteiger charge is 2.15. The molecular formula is C14H17N3O2. The van der Waals surface area contributed by atoms with Gasteiger partial charge in [0.05, 0.1) is 19.9 Å². The van der Waals surface area contributed by atoms with E-state index in [1.165, 1.54) is 0 Å².